The van der Waals surface area contributed by atoms with Gasteiger partial charge in [0.15, 0.2) is 5.75 Å². The van der Waals surface area contributed by atoms with Gasteiger partial charge in [-0.2, -0.15) is 5.11 Å². The van der Waals surface area contributed by atoms with Gasteiger partial charge in [0.25, 0.3) is 11.4 Å². The molecule has 0 aliphatic heterocycles. The van der Waals surface area contributed by atoms with Gasteiger partial charge in [-0.3, -0.25) is 40.5 Å². The van der Waals surface area contributed by atoms with E-state index in [1.807, 2.05) is 0 Å². The van der Waals surface area contributed by atoms with Crippen molar-refractivity contribution in [1.82, 2.24) is 0 Å². The number of phenolic OH excluding ortho intramolecular Hbond substituents is 3. The Morgan fingerprint density at radius 2 is 0.976 bits per heavy atom. The molecule has 0 spiro atoms. The van der Waals surface area contributed by atoms with Crippen molar-refractivity contribution in [2.75, 3.05) is 0 Å². The number of phenols is 3. The SMILES string of the molecule is O=[N+]([O-])c1cc(N=Nc2ccc3ccc(N=Nc4cc([N+](=O)[O-])cc([N+](=O)[O-])c4O)c(O)c3c2)c(O)c([N+](=O)[O-])c1. The largest absolute Gasteiger partial charge is 0.505 e. The molecule has 0 unspecified atom stereocenters. The first kappa shape index (κ1) is 27.4. The number of aromatic hydroxyl groups is 3. The second-order valence-corrected chi connectivity index (χ2v) is 7.93. The first-order valence-corrected chi connectivity index (χ1v) is 10.8. The van der Waals surface area contributed by atoms with E-state index in [1.54, 1.807) is 0 Å². The van der Waals surface area contributed by atoms with E-state index in [9.17, 15) is 55.8 Å². The summed E-state index contributed by atoms with van der Waals surface area (Å²) in [5.74, 6) is -2.44. The summed E-state index contributed by atoms with van der Waals surface area (Å²) in [5.41, 5.74) is -4.75. The lowest BCUT2D eigenvalue weighted by atomic mass is 10.1. The number of hydrogen-bond acceptors (Lipinski definition) is 15. The fourth-order valence-electron chi connectivity index (χ4n) is 3.46. The smallest absolute Gasteiger partial charge is 0.319 e. The maximum atomic E-state index is 11.1. The second-order valence-electron chi connectivity index (χ2n) is 7.93. The molecule has 4 aromatic carbocycles. The van der Waals surface area contributed by atoms with E-state index in [2.05, 4.69) is 20.5 Å². The van der Waals surface area contributed by atoms with Crippen LogP contribution in [0.2, 0.25) is 0 Å². The highest BCUT2D eigenvalue weighted by Crippen LogP contribution is 2.43. The van der Waals surface area contributed by atoms with Crippen LogP contribution in [0.15, 0.2) is 75.1 Å². The molecule has 0 bridgehead atoms. The summed E-state index contributed by atoms with van der Waals surface area (Å²) >= 11 is 0. The minimum atomic E-state index is -1.05. The predicted molar refractivity (Wildman–Crippen MR) is 137 cm³/mol. The van der Waals surface area contributed by atoms with Crippen molar-refractivity contribution >= 4 is 56.3 Å². The third-order valence-electron chi connectivity index (χ3n) is 5.42. The summed E-state index contributed by atoms with van der Waals surface area (Å²) < 4.78 is 0. The molecule has 0 aromatic heterocycles. The topological polar surface area (TPSA) is 283 Å². The van der Waals surface area contributed by atoms with Gasteiger partial charge in [-0.15, -0.1) is 15.3 Å². The summed E-state index contributed by atoms with van der Waals surface area (Å²) in [7, 11) is 0. The first-order valence-electron chi connectivity index (χ1n) is 10.8. The third kappa shape index (κ3) is 5.47. The summed E-state index contributed by atoms with van der Waals surface area (Å²) in [5, 5.41) is 90.7. The molecular formula is C22H12N8O11. The number of nitro benzene ring substituents is 4. The van der Waals surface area contributed by atoms with Gasteiger partial charge in [0.2, 0.25) is 11.5 Å². The number of benzene rings is 4. The molecule has 19 nitrogen and oxygen atoms in total. The summed E-state index contributed by atoms with van der Waals surface area (Å²) in [6.07, 6.45) is 0. The highest BCUT2D eigenvalue weighted by atomic mass is 16.6. The average Bonchev–Trinajstić information content (AvgIpc) is 2.92. The van der Waals surface area contributed by atoms with E-state index in [4.69, 9.17) is 0 Å². The summed E-state index contributed by atoms with van der Waals surface area (Å²) in [4.78, 5) is 40.5. The number of nitrogens with zero attached hydrogens (tertiary/aromatic N) is 8. The Morgan fingerprint density at radius 1 is 0.512 bits per heavy atom. The van der Waals surface area contributed by atoms with Crippen LogP contribution in [0.5, 0.6) is 17.2 Å². The Morgan fingerprint density at radius 3 is 1.46 bits per heavy atom. The second kappa shape index (κ2) is 10.6. The molecule has 0 fully saturated rings. The van der Waals surface area contributed by atoms with Crippen molar-refractivity contribution < 1.29 is 35.0 Å². The lowest BCUT2D eigenvalue weighted by molar-refractivity contribution is -0.394. The zero-order valence-corrected chi connectivity index (χ0v) is 19.9. The third-order valence-corrected chi connectivity index (χ3v) is 5.42. The van der Waals surface area contributed by atoms with Crippen LogP contribution in [0.3, 0.4) is 0 Å². The minimum absolute atomic E-state index is 0.0300. The van der Waals surface area contributed by atoms with Gasteiger partial charge in [0.1, 0.15) is 17.1 Å². The Labute approximate surface area is 224 Å². The summed E-state index contributed by atoms with van der Waals surface area (Å²) in [6, 6.07) is 9.58. The van der Waals surface area contributed by atoms with Crippen molar-refractivity contribution in [3.63, 3.8) is 0 Å². The van der Waals surface area contributed by atoms with Crippen LogP contribution in [0.4, 0.5) is 45.5 Å². The van der Waals surface area contributed by atoms with E-state index in [1.165, 1.54) is 30.3 Å². The monoisotopic (exact) mass is 564 g/mol. The molecule has 0 heterocycles. The molecule has 206 valence electrons. The van der Waals surface area contributed by atoms with Gasteiger partial charge in [0.05, 0.1) is 37.5 Å². The van der Waals surface area contributed by atoms with Gasteiger partial charge in [0, 0.05) is 17.5 Å². The minimum Gasteiger partial charge on any atom is -0.505 e. The Balaban J connectivity index is 1.73. The molecule has 0 saturated carbocycles. The zero-order chi connectivity index (χ0) is 30.0. The zero-order valence-electron chi connectivity index (χ0n) is 19.9. The van der Waals surface area contributed by atoms with E-state index in [-0.39, 0.29) is 16.8 Å². The van der Waals surface area contributed by atoms with Crippen molar-refractivity contribution in [1.29, 1.82) is 0 Å². The maximum absolute atomic E-state index is 11.1. The fourth-order valence-corrected chi connectivity index (χ4v) is 3.46. The molecule has 19 heteroatoms. The maximum Gasteiger partial charge on any atom is 0.319 e. The van der Waals surface area contributed by atoms with Crippen LogP contribution in [-0.4, -0.2) is 35.0 Å². The molecule has 0 radical (unpaired) electrons. The highest BCUT2D eigenvalue weighted by Gasteiger charge is 2.25. The van der Waals surface area contributed by atoms with Crippen LogP contribution >= 0.6 is 0 Å². The van der Waals surface area contributed by atoms with Crippen LogP contribution in [0.25, 0.3) is 10.8 Å². The molecule has 0 amide bonds. The quantitative estimate of drug-likeness (QED) is 0.119. The molecule has 0 saturated heterocycles. The van der Waals surface area contributed by atoms with E-state index < -0.39 is 71.1 Å². The lowest BCUT2D eigenvalue weighted by Crippen LogP contribution is -1.93. The molecular weight excluding hydrogens is 552 g/mol. The average molecular weight is 564 g/mol. The highest BCUT2D eigenvalue weighted by molar-refractivity contribution is 5.94. The standard InChI is InChI=1S/C22H12N8O11/c31-20-14-5-11(23-25-16-6-12(27(34)35)8-18(21(16)32)29(38)39)3-1-10(14)2-4-15(20)24-26-17-7-13(28(36)37)9-19(22(17)33)30(40)41/h1-9,31-33H. The number of hydrogen-bond donors (Lipinski definition) is 3. The first-order chi connectivity index (χ1) is 19.4. The number of fused-ring (bicyclic) bond motifs is 1. The molecule has 3 N–H and O–H groups in total. The van der Waals surface area contributed by atoms with Crippen LogP contribution in [0.1, 0.15) is 0 Å². The number of rotatable bonds is 8. The van der Waals surface area contributed by atoms with Crippen molar-refractivity contribution in [3.05, 3.63) is 95.1 Å². The van der Waals surface area contributed by atoms with Gasteiger partial charge >= 0.3 is 11.4 Å². The molecule has 4 rings (SSSR count). The summed E-state index contributed by atoms with van der Waals surface area (Å²) in [6.45, 7) is 0. The van der Waals surface area contributed by atoms with Gasteiger partial charge in [-0.05, 0) is 23.6 Å². The van der Waals surface area contributed by atoms with Gasteiger partial charge in [-0.1, -0.05) is 12.1 Å². The van der Waals surface area contributed by atoms with Crippen LogP contribution < -0.4 is 0 Å². The predicted octanol–water partition coefficient (Wildman–Crippen LogP) is 6.42. The Bertz CT molecular complexity index is 1850. The molecule has 0 aliphatic carbocycles. The molecule has 0 aliphatic rings. The fraction of sp³-hybridized carbons (Fsp3) is 0. The molecule has 4 aromatic rings. The lowest BCUT2D eigenvalue weighted by Gasteiger charge is -2.05. The van der Waals surface area contributed by atoms with E-state index >= 15 is 0 Å². The van der Waals surface area contributed by atoms with Crippen molar-refractivity contribution in [2.24, 2.45) is 20.5 Å². The van der Waals surface area contributed by atoms with Gasteiger partial charge < -0.3 is 15.3 Å². The van der Waals surface area contributed by atoms with Gasteiger partial charge in [-0.25, -0.2) is 0 Å². The Hall–Kier alpha value is -6.66. The Kier molecular flexibility index (Phi) is 7.08. The van der Waals surface area contributed by atoms with Crippen molar-refractivity contribution in [2.45, 2.75) is 0 Å². The number of azo groups is 2. The number of non-ortho nitro benzene ring substituents is 2. The molecule has 0 atom stereocenters. The normalized spacial score (nSPS) is 11.3. The van der Waals surface area contributed by atoms with Crippen molar-refractivity contribution in [3.8, 4) is 17.2 Å². The molecule has 41 heavy (non-hydrogen) atoms. The van der Waals surface area contributed by atoms with Crippen LogP contribution in [-0.2, 0) is 0 Å². The van der Waals surface area contributed by atoms with Crippen LogP contribution in [0, 0.1) is 40.5 Å². The van der Waals surface area contributed by atoms with E-state index in [0.29, 0.717) is 17.5 Å². The number of nitro groups is 4. The van der Waals surface area contributed by atoms with E-state index in [0.717, 1.165) is 12.1 Å².